The quantitative estimate of drug-likeness (QED) is 0.590. The van der Waals surface area contributed by atoms with E-state index in [1.807, 2.05) is 43.3 Å². The molecule has 0 atom stereocenters. The number of fused-ring (bicyclic) bond motifs is 1. The van der Waals surface area contributed by atoms with Crippen molar-refractivity contribution in [2.24, 2.45) is 0 Å². The molecule has 3 amide bonds. The number of rotatable bonds is 3. The molecule has 0 fully saturated rings. The Morgan fingerprint density at radius 1 is 0.839 bits per heavy atom. The maximum absolute atomic E-state index is 13.0. The van der Waals surface area contributed by atoms with Gasteiger partial charge in [-0.25, -0.2) is 4.90 Å². The van der Waals surface area contributed by atoms with Crippen LogP contribution in [0.5, 0.6) is 0 Å². The van der Waals surface area contributed by atoms with Gasteiger partial charge in [0.2, 0.25) is 0 Å². The molecule has 0 saturated heterocycles. The molecule has 0 radical (unpaired) electrons. The van der Waals surface area contributed by atoms with Gasteiger partial charge in [0.25, 0.3) is 17.7 Å². The van der Waals surface area contributed by atoms with Crippen LogP contribution in [-0.2, 0) is 5.41 Å². The molecule has 0 saturated carbocycles. The van der Waals surface area contributed by atoms with Crippen molar-refractivity contribution in [2.45, 2.75) is 33.1 Å². The van der Waals surface area contributed by atoms with Gasteiger partial charge in [-0.3, -0.25) is 14.4 Å². The highest BCUT2D eigenvalue weighted by Gasteiger charge is 2.37. The average molecular weight is 412 g/mol. The number of carbonyl (C=O) groups excluding carboxylic acids is 3. The second-order valence-corrected chi connectivity index (χ2v) is 8.77. The van der Waals surface area contributed by atoms with Gasteiger partial charge >= 0.3 is 0 Å². The lowest BCUT2D eigenvalue weighted by atomic mass is 9.87. The Morgan fingerprint density at radius 2 is 1.48 bits per heavy atom. The van der Waals surface area contributed by atoms with E-state index >= 15 is 0 Å². The summed E-state index contributed by atoms with van der Waals surface area (Å²) >= 11 is 0. The first-order valence-electron chi connectivity index (χ1n) is 10.2. The van der Waals surface area contributed by atoms with Gasteiger partial charge < -0.3 is 5.32 Å². The van der Waals surface area contributed by atoms with Gasteiger partial charge in [-0.15, -0.1) is 0 Å². The number of imide groups is 1. The first kappa shape index (κ1) is 20.5. The van der Waals surface area contributed by atoms with Crippen LogP contribution in [0.1, 0.15) is 63.0 Å². The van der Waals surface area contributed by atoms with E-state index in [-0.39, 0.29) is 22.8 Å². The molecular formula is C26H24N2O3. The predicted octanol–water partition coefficient (Wildman–Crippen LogP) is 5.35. The van der Waals surface area contributed by atoms with E-state index in [0.29, 0.717) is 22.5 Å². The highest BCUT2D eigenvalue weighted by Crippen LogP contribution is 2.31. The number of nitrogens with zero attached hydrogens (tertiary/aromatic N) is 1. The van der Waals surface area contributed by atoms with E-state index in [9.17, 15) is 14.4 Å². The maximum Gasteiger partial charge on any atom is 0.266 e. The summed E-state index contributed by atoms with van der Waals surface area (Å²) in [4.78, 5) is 39.8. The highest BCUT2D eigenvalue weighted by molar-refractivity contribution is 6.35. The second-order valence-electron chi connectivity index (χ2n) is 8.77. The molecular weight excluding hydrogens is 388 g/mol. The van der Waals surface area contributed by atoms with Gasteiger partial charge in [0.05, 0.1) is 16.8 Å². The van der Waals surface area contributed by atoms with Crippen molar-refractivity contribution in [2.75, 3.05) is 10.2 Å². The van der Waals surface area contributed by atoms with Gasteiger partial charge in [-0.1, -0.05) is 51.1 Å². The zero-order valence-electron chi connectivity index (χ0n) is 18.0. The topological polar surface area (TPSA) is 66.5 Å². The van der Waals surface area contributed by atoms with Gasteiger partial charge in [-0.05, 0) is 59.9 Å². The van der Waals surface area contributed by atoms with Crippen molar-refractivity contribution < 1.29 is 14.4 Å². The number of carbonyl (C=O) groups is 3. The third-order valence-corrected chi connectivity index (χ3v) is 5.51. The molecule has 0 aromatic heterocycles. The van der Waals surface area contributed by atoms with Gasteiger partial charge in [-0.2, -0.15) is 0 Å². The minimum absolute atomic E-state index is 0.0262. The smallest absolute Gasteiger partial charge is 0.266 e. The normalized spacial score (nSPS) is 13.4. The molecule has 1 aliphatic rings. The second kappa shape index (κ2) is 7.51. The lowest BCUT2D eigenvalue weighted by Crippen LogP contribution is -2.29. The van der Waals surface area contributed by atoms with E-state index in [2.05, 4.69) is 26.1 Å². The highest BCUT2D eigenvalue weighted by atomic mass is 16.2. The van der Waals surface area contributed by atoms with Crippen molar-refractivity contribution in [3.8, 4) is 0 Å². The molecule has 1 N–H and O–H groups in total. The Balaban J connectivity index is 1.59. The molecule has 0 unspecified atom stereocenters. The lowest BCUT2D eigenvalue weighted by molar-refractivity contribution is 0.0925. The summed E-state index contributed by atoms with van der Waals surface area (Å²) in [6, 6.07) is 19.5. The van der Waals surface area contributed by atoms with E-state index in [1.54, 1.807) is 24.3 Å². The fourth-order valence-electron chi connectivity index (χ4n) is 3.67. The molecule has 4 rings (SSSR count). The first-order valence-corrected chi connectivity index (χ1v) is 10.2. The predicted molar refractivity (Wildman–Crippen MR) is 122 cm³/mol. The summed E-state index contributed by atoms with van der Waals surface area (Å²) in [5.41, 5.74) is 4.12. The van der Waals surface area contributed by atoms with E-state index < -0.39 is 5.91 Å². The van der Waals surface area contributed by atoms with Crippen molar-refractivity contribution >= 4 is 29.1 Å². The van der Waals surface area contributed by atoms with Crippen LogP contribution in [0.2, 0.25) is 0 Å². The maximum atomic E-state index is 13.0. The molecule has 156 valence electrons. The van der Waals surface area contributed by atoms with E-state index in [0.717, 1.165) is 5.56 Å². The van der Waals surface area contributed by atoms with Crippen molar-refractivity contribution in [3.05, 3.63) is 94.5 Å². The first-order chi connectivity index (χ1) is 14.7. The molecule has 1 heterocycles. The fourth-order valence-corrected chi connectivity index (χ4v) is 3.67. The third kappa shape index (κ3) is 3.75. The third-order valence-electron chi connectivity index (χ3n) is 5.51. The van der Waals surface area contributed by atoms with Gasteiger partial charge in [0.1, 0.15) is 0 Å². The Morgan fingerprint density at radius 3 is 2.13 bits per heavy atom. The number of hydrogen-bond donors (Lipinski definition) is 1. The summed E-state index contributed by atoms with van der Waals surface area (Å²) < 4.78 is 0. The van der Waals surface area contributed by atoms with Crippen LogP contribution in [-0.4, -0.2) is 17.7 Å². The Labute approximate surface area is 181 Å². The van der Waals surface area contributed by atoms with E-state index in [1.165, 1.54) is 16.5 Å². The number of nitrogens with one attached hydrogen (secondary N) is 1. The van der Waals surface area contributed by atoms with Crippen LogP contribution < -0.4 is 10.2 Å². The van der Waals surface area contributed by atoms with Crippen LogP contribution in [0.4, 0.5) is 11.4 Å². The fraction of sp³-hybridized carbons (Fsp3) is 0.192. The summed E-state index contributed by atoms with van der Waals surface area (Å²) in [5.74, 6) is -1.13. The minimum Gasteiger partial charge on any atom is -0.322 e. The van der Waals surface area contributed by atoms with Crippen molar-refractivity contribution in [1.82, 2.24) is 0 Å². The number of aryl methyl sites for hydroxylation is 1. The SMILES string of the molecule is Cc1ccccc1N1C(=O)c2ccc(C(=O)Nc3ccc(C(C)(C)C)cc3)cc2C1=O. The Kier molecular flexibility index (Phi) is 4.97. The number of para-hydroxylation sites is 1. The molecule has 3 aromatic rings. The molecule has 0 bridgehead atoms. The van der Waals surface area contributed by atoms with Crippen LogP contribution in [0.25, 0.3) is 0 Å². The molecule has 0 spiro atoms. The number of benzene rings is 3. The number of anilines is 2. The van der Waals surface area contributed by atoms with Gasteiger partial charge in [0.15, 0.2) is 0 Å². The average Bonchev–Trinajstić information content (AvgIpc) is 2.98. The zero-order valence-corrected chi connectivity index (χ0v) is 18.0. The van der Waals surface area contributed by atoms with Gasteiger partial charge in [0, 0.05) is 11.3 Å². The monoisotopic (exact) mass is 412 g/mol. The van der Waals surface area contributed by atoms with Crippen molar-refractivity contribution in [3.63, 3.8) is 0 Å². The Bertz CT molecular complexity index is 1200. The van der Waals surface area contributed by atoms with Crippen LogP contribution >= 0.6 is 0 Å². The molecule has 3 aromatic carbocycles. The molecule has 5 heteroatoms. The number of hydrogen-bond acceptors (Lipinski definition) is 3. The standard InChI is InChI=1S/C26H24N2O3/c1-16-7-5-6-8-22(16)28-24(30)20-14-9-17(15-21(20)25(28)31)23(29)27-19-12-10-18(11-13-19)26(2,3)4/h5-15H,1-4H3,(H,27,29). The Hall–Kier alpha value is -3.73. The lowest BCUT2D eigenvalue weighted by Gasteiger charge is -2.19. The summed E-state index contributed by atoms with van der Waals surface area (Å²) in [7, 11) is 0. The molecule has 0 aliphatic carbocycles. The molecule has 31 heavy (non-hydrogen) atoms. The molecule has 1 aliphatic heterocycles. The van der Waals surface area contributed by atoms with E-state index in [4.69, 9.17) is 0 Å². The summed E-state index contributed by atoms with van der Waals surface area (Å²) in [6.45, 7) is 8.24. The largest absolute Gasteiger partial charge is 0.322 e. The van der Waals surface area contributed by atoms with Crippen LogP contribution in [0, 0.1) is 6.92 Å². The molecule has 5 nitrogen and oxygen atoms in total. The van der Waals surface area contributed by atoms with Crippen LogP contribution in [0.15, 0.2) is 66.7 Å². The number of amides is 3. The van der Waals surface area contributed by atoms with Crippen molar-refractivity contribution in [1.29, 1.82) is 0 Å². The summed E-state index contributed by atoms with van der Waals surface area (Å²) in [6.07, 6.45) is 0. The van der Waals surface area contributed by atoms with Crippen LogP contribution in [0.3, 0.4) is 0 Å². The summed E-state index contributed by atoms with van der Waals surface area (Å²) in [5, 5.41) is 2.86. The zero-order chi connectivity index (χ0) is 22.3. The minimum atomic E-state index is -0.418.